The summed E-state index contributed by atoms with van der Waals surface area (Å²) in [6.45, 7) is 0. The molecule has 0 bridgehead atoms. The van der Waals surface area contributed by atoms with Crippen LogP contribution in [0.25, 0.3) is 0 Å². The lowest BCUT2D eigenvalue weighted by Gasteiger charge is -1.92. The maximum atomic E-state index is 12.1. The third kappa shape index (κ3) is 1.05. The van der Waals surface area contributed by atoms with E-state index in [0.29, 0.717) is 6.07 Å². The summed E-state index contributed by atoms with van der Waals surface area (Å²) >= 11 is 0. The second-order valence-corrected chi connectivity index (χ2v) is 1.63. The minimum Gasteiger partial charge on any atom is -0.206 e. The highest BCUT2D eigenvalue weighted by molar-refractivity contribution is 5.35. The lowest BCUT2D eigenvalue weighted by molar-refractivity contribution is 0.494. The van der Waals surface area contributed by atoms with Crippen LogP contribution in [-0.4, -0.2) is 0 Å². The van der Waals surface area contributed by atoms with Gasteiger partial charge in [-0.05, 0) is 0 Å². The Morgan fingerprint density at radius 2 is 1.90 bits per heavy atom. The van der Waals surface area contributed by atoms with Crippen LogP contribution in [0.4, 0.5) is 18.9 Å². The summed E-state index contributed by atoms with van der Waals surface area (Å²) < 4.78 is 36.1. The summed E-state index contributed by atoms with van der Waals surface area (Å²) in [5.74, 6) is -4.13. The van der Waals surface area contributed by atoms with Crippen molar-refractivity contribution >= 4 is 5.69 Å². The van der Waals surface area contributed by atoms with Gasteiger partial charge in [-0.3, -0.25) is 0 Å². The van der Waals surface area contributed by atoms with Crippen LogP contribution >= 0.6 is 0 Å². The Kier molecular flexibility index (Phi) is 1.53. The fourth-order valence-corrected chi connectivity index (χ4v) is 0.492. The number of hydrogen-bond donors (Lipinski definition) is 0. The standard InChI is InChI=1S/C6HF3N/c7-3-1-4(8)6(9)5(10)2-3/h2H. The van der Waals surface area contributed by atoms with Crippen molar-refractivity contribution < 1.29 is 13.2 Å². The molecule has 0 heterocycles. The Labute approximate surface area is 55.3 Å². The maximum absolute atomic E-state index is 12.1. The minimum atomic E-state index is -1.52. The van der Waals surface area contributed by atoms with Gasteiger partial charge in [0.15, 0.2) is 11.6 Å². The van der Waals surface area contributed by atoms with Gasteiger partial charge in [0.25, 0.3) is 0 Å². The third-order valence-corrected chi connectivity index (χ3v) is 0.910. The molecule has 0 aliphatic rings. The molecule has 0 amide bonds. The monoisotopic (exact) mass is 144 g/mol. The fourth-order valence-electron chi connectivity index (χ4n) is 0.492. The van der Waals surface area contributed by atoms with Gasteiger partial charge in [-0.2, -0.15) is 0 Å². The lowest BCUT2D eigenvalue weighted by atomic mass is 10.3. The van der Waals surface area contributed by atoms with E-state index < -0.39 is 23.1 Å². The van der Waals surface area contributed by atoms with E-state index in [-0.39, 0.29) is 0 Å². The van der Waals surface area contributed by atoms with Crippen molar-refractivity contribution in [3.63, 3.8) is 0 Å². The van der Waals surface area contributed by atoms with Crippen molar-refractivity contribution in [3.05, 3.63) is 29.6 Å². The van der Waals surface area contributed by atoms with E-state index in [2.05, 4.69) is 0 Å². The molecule has 0 saturated carbocycles. The number of rotatable bonds is 0. The molecule has 0 aliphatic heterocycles. The Morgan fingerprint density at radius 1 is 1.30 bits per heavy atom. The van der Waals surface area contributed by atoms with Crippen LogP contribution in [0, 0.1) is 23.5 Å². The SMILES string of the molecule is [N]c1cc(F)[c]c(F)c1F. The van der Waals surface area contributed by atoms with Gasteiger partial charge in [0.2, 0.25) is 0 Å². The van der Waals surface area contributed by atoms with Crippen molar-refractivity contribution in [1.82, 2.24) is 5.73 Å². The van der Waals surface area contributed by atoms with Gasteiger partial charge < -0.3 is 0 Å². The van der Waals surface area contributed by atoms with Crippen molar-refractivity contribution in [2.75, 3.05) is 0 Å². The predicted octanol–water partition coefficient (Wildman–Crippen LogP) is 1.60. The van der Waals surface area contributed by atoms with Crippen molar-refractivity contribution in [1.29, 1.82) is 0 Å². The van der Waals surface area contributed by atoms with Gasteiger partial charge in [0.1, 0.15) is 11.5 Å². The van der Waals surface area contributed by atoms with Crippen molar-refractivity contribution in [3.8, 4) is 0 Å². The predicted molar refractivity (Wildman–Crippen MR) is 26.9 cm³/mol. The van der Waals surface area contributed by atoms with Gasteiger partial charge in [-0.15, -0.1) is 5.73 Å². The molecule has 0 aliphatic carbocycles. The minimum absolute atomic E-state index is 0.443. The topological polar surface area (TPSA) is 22.3 Å². The molecule has 0 aromatic heterocycles. The highest BCUT2D eigenvalue weighted by Gasteiger charge is 2.09. The van der Waals surface area contributed by atoms with Gasteiger partial charge >= 0.3 is 0 Å². The molecule has 0 fully saturated rings. The van der Waals surface area contributed by atoms with Crippen LogP contribution in [0.15, 0.2) is 6.07 Å². The number of hydrogen-bond acceptors (Lipinski definition) is 0. The molecule has 0 unspecified atom stereocenters. The van der Waals surface area contributed by atoms with Gasteiger partial charge in [0, 0.05) is 6.07 Å². The summed E-state index contributed by atoms with van der Waals surface area (Å²) in [5, 5.41) is 0. The largest absolute Gasteiger partial charge is 0.206 e. The summed E-state index contributed by atoms with van der Waals surface area (Å²) in [5.41, 5.74) is 7.36. The Balaban J connectivity index is 3.31. The summed E-state index contributed by atoms with van der Waals surface area (Å²) in [4.78, 5) is 0. The zero-order chi connectivity index (χ0) is 7.72. The average Bonchev–Trinajstić information content (AvgIpc) is 1.82. The Bertz CT molecular complexity index is 236. The molecule has 1 rings (SSSR count). The van der Waals surface area contributed by atoms with E-state index in [4.69, 9.17) is 5.73 Å². The van der Waals surface area contributed by atoms with Crippen LogP contribution in [0.2, 0.25) is 0 Å². The van der Waals surface area contributed by atoms with E-state index >= 15 is 0 Å². The first-order chi connectivity index (χ1) is 4.61. The van der Waals surface area contributed by atoms with Gasteiger partial charge in [-0.1, -0.05) is 0 Å². The molecule has 0 spiro atoms. The molecule has 1 nitrogen and oxygen atoms in total. The molecule has 51 valence electrons. The third-order valence-electron chi connectivity index (χ3n) is 0.910. The molecular formula is C6HF3N. The highest BCUT2D eigenvalue weighted by atomic mass is 19.2. The first-order valence-electron chi connectivity index (χ1n) is 2.37. The first-order valence-corrected chi connectivity index (χ1v) is 2.37. The molecule has 1 aromatic carbocycles. The second kappa shape index (κ2) is 2.21. The maximum Gasteiger partial charge on any atom is 0.187 e. The number of benzene rings is 1. The van der Waals surface area contributed by atoms with Gasteiger partial charge in [-0.25, -0.2) is 13.2 Å². The lowest BCUT2D eigenvalue weighted by Crippen LogP contribution is -1.88. The van der Waals surface area contributed by atoms with E-state index in [1.165, 1.54) is 6.07 Å². The molecule has 0 saturated heterocycles. The molecule has 1 aromatic rings. The normalized spacial score (nSPS) is 9.90. The van der Waals surface area contributed by atoms with E-state index in [1.54, 1.807) is 0 Å². The highest BCUT2D eigenvalue weighted by Crippen LogP contribution is 2.15. The van der Waals surface area contributed by atoms with E-state index in [1.807, 2.05) is 0 Å². The van der Waals surface area contributed by atoms with E-state index in [0.717, 1.165) is 0 Å². The fraction of sp³-hybridized carbons (Fsp3) is 0. The van der Waals surface area contributed by atoms with Crippen LogP contribution in [0.3, 0.4) is 0 Å². The smallest absolute Gasteiger partial charge is 0.187 e. The zero-order valence-corrected chi connectivity index (χ0v) is 4.66. The number of nitrogens with zero attached hydrogens (tertiary/aromatic N) is 1. The molecule has 3 radical (unpaired) electrons. The summed E-state index contributed by atoms with van der Waals surface area (Å²) in [6.07, 6.45) is 0. The van der Waals surface area contributed by atoms with Crippen LogP contribution in [-0.2, 0) is 0 Å². The van der Waals surface area contributed by atoms with Crippen LogP contribution in [0.5, 0.6) is 0 Å². The van der Waals surface area contributed by atoms with Gasteiger partial charge in [0.05, 0.1) is 6.07 Å². The first kappa shape index (κ1) is 6.92. The van der Waals surface area contributed by atoms with Crippen molar-refractivity contribution in [2.24, 2.45) is 0 Å². The molecule has 0 atom stereocenters. The average molecular weight is 144 g/mol. The molecule has 0 N–H and O–H groups in total. The quantitative estimate of drug-likeness (QED) is 0.493. The summed E-state index contributed by atoms with van der Waals surface area (Å²) in [7, 11) is 0. The molecule has 10 heavy (non-hydrogen) atoms. The van der Waals surface area contributed by atoms with Crippen molar-refractivity contribution in [2.45, 2.75) is 0 Å². The Morgan fingerprint density at radius 3 is 2.40 bits per heavy atom. The Hall–Kier alpha value is -1.19. The van der Waals surface area contributed by atoms with Crippen LogP contribution < -0.4 is 5.73 Å². The van der Waals surface area contributed by atoms with E-state index in [9.17, 15) is 13.2 Å². The second-order valence-electron chi connectivity index (χ2n) is 1.63. The summed E-state index contributed by atoms with van der Waals surface area (Å²) in [6, 6.07) is 1.85. The van der Waals surface area contributed by atoms with Crippen LogP contribution in [0.1, 0.15) is 0 Å². The molecule has 4 heteroatoms. The zero-order valence-electron chi connectivity index (χ0n) is 4.66. The molecular weight excluding hydrogens is 143 g/mol. The number of halogens is 3.